The number of aliphatic hydroxyl groups excluding tert-OH is 2. The van der Waals surface area contributed by atoms with Gasteiger partial charge in [0.15, 0.2) is 0 Å². The lowest BCUT2D eigenvalue weighted by Gasteiger charge is -2.26. The van der Waals surface area contributed by atoms with E-state index < -0.39 is 6.10 Å². The van der Waals surface area contributed by atoms with E-state index in [-0.39, 0.29) is 12.4 Å². The molecule has 0 fully saturated rings. The van der Waals surface area contributed by atoms with Gasteiger partial charge in [0.1, 0.15) is 5.82 Å². The summed E-state index contributed by atoms with van der Waals surface area (Å²) >= 11 is 0. The zero-order valence-corrected chi connectivity index (χ0v) is 10.4. The molecule has 1 atom stereocenters. The first kappa shape index (κ1) is 13.9. The number of rotatable bonds is 6. The summed E-state index contributed by atoms with van der Waals surface area (Å²) < 4.78 is 13.7. The summed E-state index contributed by atoms with van der Waals surface area (Å²) in [6.45, 7) is 4.99. The van der Waals surface area contributed by atoms with E-state index in [1.165, 1.54) is 6.07 Å². The molecule has 0 amide bonds. The van der Waals surface area contributed by atoms with E-state index in [0.717, 1.165) is 0 Å². The van der Waals surface area contributed by atoms with Crippen LogP contribution in [0.15, 0.2) is 18.2 Å². The minimum atomic E-state index is -0.839. The van der Waals surface area contributed by atoms with Gasteiger partial charge >= 0.3 is 0 Å². The van der Waals surface area contributed by atoms with E-state index >= 15 is 0 Å². The average molecular weight is 241 g/mol. The SMILES string of the molecule is CCN(CCCO)c1cccc(F)c1[C@@H](C)O. The molecule has 1 aromatic carbocycles. The fraction of sp³-hybridized carbons (Fsp3) is 0.538. The van der Waals surface area contributed by atoms with Gasteiger partial charge in [0, 0.05) is 30.9 Å². The van der Waals surface area contributed by atoms with E-state index in [4.69, 9.17) is 5.11 Å². The van der Waals surface area contributed by atoms with E-state index in [1.807, 2.05) is 11.8 Å². The second kappa shape index (κ2) is 6.57. The molecule has 96 valence electrons. The summed E-state index contributed by atoms with van der Waals surface area (Å²) in [5.41, 5.74) is 1.03. The Hall–Kier alpha value is -1.13. The molecule has 4 heteroatoms. The predicted molar refractivity (Wildman–Crippen MR) is 66.6 cm³/mol. The minimum absolute atomic E-state index is 0.107. The van der Waals surface area contributed by atoms with Gasteiger partial charge in [-0.25, -0.2) is 4.39 Å². The van der Waals surface area contributed by atoms with E-state index in [1.54, 1.807) is 19.1 Å². The summed E-state index contributed by atoms with van der Waals surface area (Å²) in [7, 11) is 0. The van der Waals surface area contributed by atoms with Crippen molar-refractivity contribution < 1.29 is 14.6 Å². The number of hydrogen-bond donors (Lipinski definition) is 2. The van der Waals surface area contributed by atoms with Crippen LogP contribution in [0.4, 0.5) is 10.1 Å². The van der Waals surface area contributed by atoms with Crippen molar-refractivity contribution in [2.24, 2.45) is 0 Å². The quantitative estimate of drug-likeness (QED) is 0.801. The van der Waals surface area contributed by atoms with Crippen molar-refractivity contribution in [1.29, 1.82) is 0 Å². The van der Waals surface area contributed by atoms with E-state index in [0.29, 0.717) is 30.8 Å². The molecule has 0 aromatic heterocycles. The highest BCUT2D eigenvalue weighted by atomic mass is 19.1. The first-order chi connectivity index (χ1) is 8.11. The molecule has 0 heterocycles. The molecule has 1 rings (SSSR count). The Balaban J connectivity index is 3.05. The fourth-order valence-corrected chi connectivity index (χ4v) is 1.93. The first-order valence-corrected chi connectivity index (χ1v) is 5.94. The minimum Gasteiger partial charge on any atom is -0.396 e. The van der Waals surface area contributed by atoms with Crippen molar-refractivity contribution in [3.05, 3.63) is 29.6 Å². The zero-order valence-electron chi connectivity index (χ0n) is 10.4. The van der Waals surface area contributed by atoms with Crippen molar-refractivity contribution in [1.82, 2.24) is 0 Å². The Morgan fingerprint density at radius 2 is 2.12 bits per heavy atom. The van der Waals surface area contributed by atoms with Crippen LogP contribution in [0, 0.1) is 5.82 Å². The lowest BCUT2D eigenvalue weighted by atomic mass is 10.1. The van der Waals surface area contributed by atoms with Crippen molar-refractivity contribution in [2.75, 3.05) is 24.6 Å². The van der Waals surface area contributed by atoms with E-state index in [9.17, 15) is 9.50 Å². The Morgan fingerprint density at radius 3 is 2.65 bits per heavy atom. The maximum Gasteiger partial charge on any atom is 0.131 e. The van der Waals surface area contributed by atoms with Gasteiger partial charge in [0.25, 0.3) is 0 Å². The van der Waals surface area contributed by atoms with Crippen LogP contribution in [0.5, 0.6) is 0 Å². The second-order valence-corrected chi connectivity index (χ2v) is 4.01. The maximum atomic E-state index is 13.7. The lowest BCUT2D eigenvalue weighted by molar-refractivity contribution is 0.194. The summed E-state index contributed by atoms with van der Waals surface area (Å²) in [5.74, 6) is -0.389. The third kappa shape index (κ3) is 3.41. The van der Waals surface area contributed by atoms with Gasteiger partial charge < -0.3 is 15.1 Å². The number of hydrogen-bond acceptors (Lipinski definition) is 3. The zero-order chi connectivity index (χ0) is 12.8. The van der Waals surface area contributed by atoms with Crippen molar-refractivity contribution in [3.63, 3.8) is 0 Å². The van der Waals surface area contributed by atoms with Gasteiger partial charge in [-0.05, 0) is 32.4 Å². The van der Waals surface area contributed by atoms with Crippen molar-refractivity contribution in [2.45, 2.75) is 26.4 Å². The molecule has 0 saturated carbocycles. The largest absolute Gasteiger partial charge is 0.396 e. The molecule has 0 aliphatic carbocycles. The average Bonchev–Trinajstić information content (AvgIpc) is 2.29. The van der Waals surface area contributed by atoms with Crippen LogP contribution in [0.25, 0.3) is 0 Å². The van der Waals surface area contributed by atoms with Crippen molar-refractivity contribution in [3.8, 4) is 0 Å². The molecule has 2 N–H and O–H groups in total. The maximum absolute atomic E-state index is 13.7. The Labute approximate surface area is 101 Å². The molecule has 0 saturated heterocycles. The molecule has 3 nitrogen and oxygen atoms in total. The van der Waals surface area contributed by atoms with Crippen LogP contribution in [0.2, 0.25) is 0 Å². The van der Waals surface area contributed by atoms with Gasteiger partial charge in [-0.2, -0.15) is 0 Å². The molecular formula is C13H20FNO2. The van der Waals surface area contributed by atoms with Crippen LogP contribution in [-0.2, 0) is 0 Å². The van der Waals surface area contributed by atoms with Gasteiger partial charge in [0.05, 0.1) is 6.10 Å². The summed E-state index contributed by atoms with van der Waals surface area (Å²) in [5, 5.41) is 18.5. The van der Waals surface area contributed by atoms with Gasteiger partial charge in [0.2, 0.25) is 0 Å². The summed E-state index contributed by atoms with van der Waals surface area (Å²) in [4.78, 5) is 1.96. The van der Waals surface area contributed by atoms with Crippen LogP contribution < -0.4 is 4.90 Å². The molecule has 0 unspecified atom stereocenters. The predicted octanol–water partition coefficient (Wildman–Crippen LogP) is 2.09. The Kier molecular flexibility index (Phi) is 5.38. The molecule has 0 radical (unpaired) electrons. The number of aliphatic hydroxyl groups is 2. The monoisotopic (exact) mass is 241 g/mol. The molecule has 0 spiro atoms. The Morgan fingerprint density at radius 1 is 1.41 bits per heavy atom. The number of halogens is 1. The molecule has 0 aliphatic heterocycles. The topological polar surface area (TPSA) is 43.7 Å². The highest BCUT2D eigenvalue weighted by molar-refractivity contribution is 5.55. The van der Waals surface area contributed by atoms with Gasteiger partial charge in [-0.15, -0.1) is 0 Å². The lowest BCUT2D eigenvalue weighted by Crippen LogP contribution is -2.26. The first-order valence-electron chi connectivity index (χ1n) is 5.94. The van der Waals surface area contributed by atoms with Gasteiger partial charge in [-0.1, -0.05) is 6.07 Å². The smallest absolute Gasteiger partial charge is 0.131 e. The molecule has 1 aromatic rings. The van der Waals surface area contributed by atoms with Crippen LogP contribution in [0.1, 0.15) is 31.9 Å². The summed E-state index contributed by atoms with van der Waals surface area (Å²) in [6, 6.07) is 4.79. The number of anilines is 1. The molecule has 0 bridgehead atoms. The van der Waals surface area contributed by atoms with Crippen LogP contribution in [-0.4, -0.2) is 29.9 Å². The molecule has 0 aliphatic rings. The molecule has 17 heavy (non-hydrogen) atoms. The standard InChI is InChI=1S/C13H20FNO2/c1-3-15(8-5-9-16)12-7-4-6-11(14)13(12)10(2)17/h4,6-7,10,16-17H,3,5,8-9H2,1-2H3/t10-/m1/s1. The second-order valence-electron chi connectivity index (χ2n) is 4.01. The number of benzene rings is 1. The Bertz CT molecular complexity index is 355. The third-order valence-corrected chi connectivity index (χ3v) is 2.76. The highest BCUT2D eigenvalue weighted by Gasteiger charge is 2.17. The van der Waals surface area contributed by atoms with E-state index in [2.05, 4.69) is 0 Å². The highest BCUT2D eigenvalue weighted by Crippen LogP contribution is 2.28. The normalized spacial score (nSPS) is 12.5. The van der Waals surface area contributed by atoms with Crippen molar-refractivity contribution >= 4 is 5.69 Å². The van der Waals surface area contributed by atoms with Gasteiger partial charge in [-0.3, -0.25) is 0 Å². The number of nitrogens with zero attached hydrogens (tertiary/aromatic N) is 1. The summed E-state index contributed by atoms with van der Waals surface area (Å²) in [6.07, 6.45) is -0.210. The van der Waals surface area contributed by atoms with Crippen LogP contribution in [0.3, 0.4) is 0 Å². The van der Waals surface area contributed by atoms with Crippen LogP contribution >= 0.6 is 0 Å². The molecular weight excluding hydrogens is 221 g/mol. The third-order valence-electron chi connectivity index (χ3n) is 2.76. The fourth-order valence-electron chi connectivity index (χ4n) is 1.93.